The van der Waals surface area contributed by atoms with Gasteiger partial charge in [0.1, 0.15) is 11.5 Å². The van der Waals surface area contributed by atoms with Crippen molar-refractivity contribution in [2.45, 2.75) is 13.2 Å². The van der Waals surface area contributed by atoms with E-state index in [9.17, 15) is 9.59 Å². The van der Waals surface area contributed by atoms with Crippen LogP contribution < -0.4 is 20.5 Å². The van der Waals surface area contributed by atoms with Gasteiger partial charge in [-0.05, 0) is 48.9 Å². The molecule has 25 heavy (non-hydrogen) atoms. The standard InChI is InChI=1S/C19H20N2O4/c1-13(25-17-5-3-4-15(12-17)19(20)23)21-18(22)11-8-14-6-9-16(24-2)10-7-14/h3-13H,1-2H3,(H2,20,23)(H,21,22)/b11-8+. The predicted octanol–water partition coefficient (Wildman–Crippen LogP) is 2.35. The van der Waals surface area contributed by atoms with Crippen LogP contribution in [0.4, 0.5) is 0 Å². The minimum Gasteiger partial charge on any atom is -0.497 e. The van der Waals surface area contributed by atoms with Gasteiger partial charge in [-0.1, -0.05) is 18.2 Å². The Bertz CT molecular complexity index is 769. The van der Waals surface area contributed by atoms with Gasteiger partial charge in [-0.2, -0.15) is 0 Å². The van der Waals surface area contributed by atoms with E-state index in [0.717, 1.165) is 11.3 Å². The van der Waals surface area contributed by atoms with Crippen molar-refractivity contribution in [2.75, 3.05) is 7.11 Å². The molecular formula is C19H20N2O4. The van der Waals surface area contributed by atoms with Gasteiger partial charge < -0.3 is 20.5 Å². The summed E-state index contributed by atoms with van der Waals surface area (Å²) in [6, 6.07) is 13.8. The lowest BCUT2D eigenvalue weighted by atomic mass is 10.2. The summed E-state index contributed by atoms with van der Waals surface area (Å²) in [6.07, 6.45) is 2.53. The average Bonchev–Trinajstić information content (AvgIpc) is 2.60. The first kappa shape index (κ1) is 18.1. The first-order valence-corrected chi connectivity index (χ1v) is 7.67. The molecule has 0 fully saturated rings. The topological polar surface area (TPSA) is 90.7 Å². The van der Waals surface area contributed by atoms with Crippen molar-refractivity contribution >= 4 is 17.9 Å². The van der Waals surface area contributed by atoms with Gasteiger partial charge in [0.05, 0.1) is 7.11 Å². The molecule has 0 saturated carbocycles. The molecule has 3 N–H and O–H groups in total. The predicted molar refractivity (Wildman–Crippen MR) is 95.2 cm³/mol. The third-order valence-corrected chi connectivity index (χ3v) is 3.32. The molecule has 0 aliphatic heterocycles. The molecule has 0 radical (unpaired) electrons. The van der Waals surface area contributed by atoms with Gasteiger partial charge in [-0.15, -0.1) is 0 Å². The van der Waals surface area contributed by atoms with E-state index in [1.54, 1.807) is 38.3 Å². The zero-order chi connectivity index (χ0) is 18.2. The lowest BCUT2D eigenvalue weighted by Crippen LogP contribution is -2.35. The molecule has 6 heteroatoms. The molecule has 0 aromatic heterocycles. The first-order valence-electron chi connectivity index (χ1n) is 7.67. The summed E-state index contributed by atoms with van der Waals surface area (Å²) >= 11 is 0. The number of methoxy groups -OCH3 is 1. The molecule has 1 unspecified atom stereocenters. The number of carbonyl (C=O) groups is 2. The SMILES string of the molecule is COc1ccc(/C=C/C(=O)NC(C)Oc2cccc(C(N)=O)c2)cc1. The van der Waals surface area contributed by atoms with Crippen molar-refractivity contribution in [2.24, 2.45) is 5.73 Å². The van der Waals surface area contributed by atoms with Gasteiger partial charge in [0, 0.05) is 11.6 Å². The molecule has 2 aromatic carbocycles. The monoisotopic (exact) mass is 340 g/mol. The maximum absolute atomic E-state index is 11.9. The maximum Gasteiger partial charge on any atom is 0.248 e. The van der Waals surface area contributed by atoms with E-state index in [0.29, 0.717) is 11.3 Å². The number of rotatable bonds is 7. The highest BCUT2D eigenvalue weighted by Gasteiger charge is 2.08. The molecule has 1 atom stereocenters. The molecule has 2 amide bonds. The highest BCUT2D eigenvalue weighted by molar-refractivity contribution is 5.93. The van der Waals surface area contributed by atoms with Crippen LogP contribution in [-0.4, -0.2) is 25.2 Å². The fraction of sp³-hybridized carbons (Fsp3) is 0.158. The van der Waals surface area contributed by atoms with Crippen molar-refractivity contribution < 1.29 is 19.1 Å². The van der Waals surface area contributed by atoms with E-state index in [1.807, 2.05) is 24.3 Å². The number of benzene rings is 2. The number of hydrogen-bond donors (Lipinski definition) is 2. The van der Waals surface area contributed by atoms with E-state index in [1.165, 1.54) is 12.1 Å². The first-order chi connectivity index (χ1) is 12.0. The zero-order valence-corrected chi connectivity index (χ0v) is 14.1. The number of hydrogen-bond acceptors (Lipinski definition) is 4. The Morgan fingerprint density at radius 3 is 2.48 bits per heavy atom. The molecule has 0 aliphatic rings. The van der Waals surface area contributed by atoms with Crippen LogP contribution in [0, 0.1) is 0 Å². The quantitative estimate of drug-likeness (QED) is 0.598. The summed E-state index contributed by atoms with van der Waals surface area (Å²) < 4.78 is 10.6. The number of carbonyl (C=O) groups excluding carboxylic acids is 2. The Morgan fingerprint density at radius 2 is 1.84 bits per heavy atom. The number of nitrogens with two attached hydrogens (primary N) is 1. The minimum atomic E-state index is -0.573. The molecule has 0 saturated heterocycles. The van der Waals surface area contributed by atoms with Crippen LogP contribution in [0.5, 0.6) is 11.5 Å². The Balaban J connectivity index is 1.89. The Kier molecular flexibility index (Phi) is 6.17. The molecule has 0 spiro atoms. The van der Waals surface area contributed by atoms with E-state index in [2.05, 4.69) is 5.32 Å². The van der Waals surface area contributed by atoms with Crippen molar-refractivity contribution in [3.8, 4) is 11.5 Å². The summed E-state index contributed by atoms with van der Waals surface area (Å²) in [7, 11) is 1.60. The second-order valence-electron chi connectivity index (χ2n) is 5.27. The van der Waals surface area contributed by atoms with Crippen LogP contribution in [-0.2, 0) is 4.79 Å². The number of nitrogens with one attached hydrogen (secondary N) is 1. The van der Waals surface area contributed by atoms with Gasteiger partial charge in [0.25, 0.3) is 0 Å². The third-order valence-electron chi connectivity index (χ3n) is 3.32. The average molecular weight is 340 g/mol. The number of ether oxygens (including phenoxy) is 2. The zero-order valence-electron chi connectivity index (χ0n) is 14.1. The molecule has 2 rings (SSSR count). The fourth-order valence-electron chi connectivity index (χ4n) is 2.09. The molecule has 0 heterocycles. The highest BCUT2D eigenvalue weighted by atomic mass is 16.5. The van der Waals surface area contributed by atoms with Crippen LogP contribution in [0.3, 0.4) is 0 Å². The van der Waals surface area contributed by atoms with E-state index >= 15 is 0 Å². The minimum absolute atomic E-state index is 0.297. The smallest absolute Gasteiger partial charge is 0.248 e. The summed E-state index contributed by atoms with van der Waals surface area (Å²) in [6.45, 7) is 1.69. The molecular weight excluding hydrogens is 320 g/mol. The van der Waals surface area contributed by atoms with Crippen molar-refractivity contribution in [3.63, 3.8) is 0 Å². The summed E-state index contributed by atoms with van der Waals surface area (Å²) in [4.78, 5) is 23.1. The van der Waals surface area contributed by atoms with E-state index < -0.39 is 12.1 Å². The van der Waals surface area contributed by atoms with Crippen molar-refractivity contribution in [3.05, 3.63) is 65.7 Å². The second-order valence-corrected chi connectivity index (χ2v) is 5.27. The Hall–Kier alpha value is -3.28. The Labute approximate surface area is 146 Å². The molecule has 2 aromatic rings. The lowest BCUT2D eigenvalue weighted by molar-refractivity contribution is -0.118. The third kappa shape index (κ3) is 5.69. The summed E-state index contributed by atoms with van der Waals surface area (Å²) in [5, 5.41) is 2.68. The van der Waals surface area contributed by atoms with Gasteiger partial charge in [-0.3, -0.25) is 9.59 Å². The summed E-state index contributed by atoms with van der Waals surface area (Å²) in [5.41, 5.74) is 6.44. The van der Waals surface area contributed by atoms with Crippen molar-refractivity contribution in [1.29, 1.82) is 0 Å². The highest BCUT2D eigenvalue weighted by Crippen LogP contribution is 2.14. The normalized spacial score (nSPS) is 11.8. The van der Waals surface area contributed by atoms with Gasteiger partial charge in [0.2, 0.25) is 11.8 Å². The van der Waals surface area contributed by atoms with Crippen LogP contribution >= 0.6 is 0 Å². The molecule has 0 aliphatic carbocycles. The molecule has 6 nitrogen and oxygen atoms in total. The fourth-order valence-corrected chi connectivity index (χ4v) is 2.09. The summed E-state index contributed by atoms with van der Waals surface area (Å²) in [5.74, 6) is 0.365. The largest absolute Gasteiger partial charge is 0.497 e. The van der Waals surface area contributed by atoms with Crippen molar-refractivity contribution in [1.82, 2.24) is 5.32 Å². The van der Waals surface area contributed by atoms with Crippen LogP contribution in [0.1, 0.15) is 22.8 Å². The lowest BCUT2D eigenvalue weighted by Gasteiger charge is -2.15. The van der Waals surface area contributed by atoms with E-state index in [4.69, 9.17) is 15.2 Å². The molecule has 0 bridgehead atoms. The second kappa shape index (κ2) is 8.54. The van der Waals surface area contributed by atoms with E-state index in [-0.39, 0.29) is 5.91 Å². The van der Waals surface area contributed by atoms with Crippen LogP contribution in [0.2, 0.25) is 0 Å². The van der Waals surface area contributed by atoms with Gasteiger partial charge >= 0.3 is 0 Å². The van der Waals surface area contributed by atoms with Crippen LogP contribution in [0.15, 0.2) is 54.6 Å². The van der Waals surface area contributed by atoms with Gasteiger partial charge in [-0.25, -0.2) is 0 Å². The number of primary amides is 1. The van der Waals surface area contributed by atoms with Gasteiger partial charge in [0.15, 0.2) is 6.23 Å². The molecule has 130 valence electrons. The number of amides is 2. The maximum atomic E-state index is 11.9. The van der Waals surface area contributed by atoms with Crippen LogP contribution in [0.25, 0.3) is 6.08 Å². The Morgan fingerprint density at radius 1 is 1.12 bits per heavy atom.